The molecule has 1 heterocycles. The summed E-state index contributed by atoms with van der Waals surface area (Å²) in [6.07, 6.45) is 0. The van der Waals surface area contributed by atoms with Crippen LogP contribution in [0.15, 0.2) is 22.5 Å². The van der Waals surface area contributed by atoms with Crippen LogP contribution in [0.1, 0.15) is 5.01 Å². The van der Waals surface area contributed by atoms with E-state index in [1.807, 2.05) is 6.92 Å². The number of rotatable bonds is 5. The van der Waals surface area contributed by atoms with Gasteiger partial charge in [-0.15, -0.1) is 10.2 Å². The van der Waals surface area contributed by atoms with Gasteiger partial charge < -0.3 is 4.74 Å². The average Bonchev–Trinajstić information content (AvgIpc) is 2.73. The molecule has 0 saturated carbocycles. The number of halogens is 2. The molecule has 0 aliphatic carbocycles. The first-order valence-electron chi connectivity index (χ1n) is 5.16. The first-order valence-corrected chi connectivity index (χ1v) is 7.72. The minimum absolute atomic E-state index is 0.521. The van der Waals surface area contributed by atoms with E-state index in [0.29, 0.717) is 22.4 Å². The molecular formula is C11H10Cl2N2OS2. The number of benzene rings is 1. The van der Waals surface area contributed by atoms with E-state index in [1.54, 1.807) is 41.3 Å². The van der Waals surface area contributed by atoms with E-state index in [4.69, 9.17) is 27.9 Å². The maximum Gasteiger partial charge on any atom is 0.174 e. The predicted octanol–water partition coefficient (Wildman–Crippen LogP) is 4.32. The summed E-state index contributed by atoms with van der Waals surface area (Å²) in [7, 11) is 0. The molecule has 0 aliphatic heterocycles. The number of ether oxygens (including phenoxy) is 1. The zero-order chi connectivity index (χ0) is 13.0. The molecule has 18 heavy (non-hydrogen) atoms. The van der Waals surface area contributed by atoms with E-state index in [-0.39, 0.29) is 0 Å². The molecule has 0 bridgehead atoms. The van der Waals surface area contributed by atoms with Gasteiger partial charge in [0, 0.05) is 5.75 Å². The van der Waals surface area contributed by atoms with Gasteiger partial charge in [0.05, 0.1) is 16.7 Å². The van der Waals surface area contributed by atoms with Gasteiger partial charge in [-0.25, -0.2) is 0 Å². The van der Waals surface area contributed by atoms with Crippen LogP contribution < -0.4 is 4.74 Å². The third-order valence-electron chi connectivity index (χ3n) is 1.98. The van der Waals surface area contributed by atoms with Gasteiger partial charge in [0.15, 0.2) is 10.1 Å². The van der Waals surface area contributed by atoms with Crippen molar-refractivity contribution in [1.82, 2.24) is 10.2 Å². The normalized spacial score (nSPS) is 10.6. The smallest absolute Gasteiger partial charge is 0.174 e. The maximum absolute atomic E-state index is 5.99. The van der Waals surface area contributed by atoms with Crippen molar-refractivity contribution < 1.29 is 4.74 Å². The van der Waals surface area contributed by atoms with Crippen LogP contribution in [-0.4, -0.2) is 22.6 Å². The second-order valence-electron chi connectivity index (χ2n) is 3.33. The Balaban J connectivity index is 1.82. The number of para-hydroxylation sites is 1. The predicted molar refractivity (Wildman–Crippen MR) is 77.3 cm³/mol. The Morgan fingerprint density at radius 3 is 2.61 bits per heavy atom. The molecule has 3 nitrogen and oxygen atoms in total. The fraction of sp³-hybridized carbons (Fsp3) is 0.273. The van der Waals surface area contributed by atoms with Crippen LogP contribution in [0.3, 0.4) is 0 Å². The van der Waals surface area contributed by atoms with Gasteiger partial charge in [0.25, 0.3) is 0 Å². The van der Waals surface area contributed by atoms with Crippen LogP contribution in [0.25, 0.3) is 0 Å². The number of aryl methyl sites for hydroxylation is 1. The number of hydrogen-bond donors (Lipinski definition) is 0. The number of nitrogens with zero attached hydrogens (tertiary/aromatic N) is 2. The lowest BCUT2D eigenvalue weighted by Crippen LogP contribution is -2.01. The lowest BCUT2D eigenvalue weighted by molar-refractivity contribution is 0.344. The van der Waals surface area contributed by atoms with Crippen molar-refractivity contribution in [2.75, 3.05) is 12.4 Å². The van der Waals surface area contributed by atoms with Gasteiger partial charge in [-0.3, -0.25) is 0 Å². The number of hydrogen-bond acceptors (Lipinski definition) is 5. The average molecular weight is 321 g/mol. The van der Waals surface area contributed by atoms with Crippen molar-refractivity contribution in [3.63, 3.8) is 0 Å². The van der Waals surface area contributed by atoms with Crippen LogP contribution in [0.2, 0.25) is 10.0 Å². The summed E-state index contributed by atoms with van der Waals surface area (Å²) < 4.78 is 6.51. The molecule has 0 amide bonds. The number of thioether (sulfide) groups is 1. The van der Waals surface area contributed by atoms with Crippen molar-refractivity contribution in [3.8, 4) is 5.75 Å². The van der Waals surface area contributed by atoms with Crippen LogP contribution >= 0.6 is 46.3 Å². The van der Waals surface area contributed by atoms with Crippen molar-refractivity contribution in [1.29, 1.82) is 0 Å². The largest absolute Gasteiger partial charge is 0.490 e. The molecule has 1 aromatic heterocycles. The topological polar surface area (TPSA) is 35.0 Å². The molecule has 0 aliphatic rings. The standard InChI is InChI=1S/C11H10Cl2N2OS2/c1-7-14-15-11(18-7)17-6-5-16-10-8(12)3-2-4-9(10)13/h2-4H,5-6H2,1H3. The molecule has 7 heteroatoms. The number of aromatic nitrogens is 2. The lowest BCUT2D eigenvalue weighted by Gasteiger charge is -2.08. The molecule has 0 fully saturated rings. The minimum atomic E-state index is 0.521. The summed E-state index contributed by atoms with van der Waals surface area (Å²) in [5.74, 6) is 1.31. The monoisotopic (exact) mass is 320 g/mol. The molecule has 0 unspecified atom stereocenters. The van der Waals surface area contributed by atoms with Gasteiger partial charge in [0.2, 0.25) is 0 Å². The summed E-state index contributed by atoms with van der Waals surface area (Å²) in [4.78, 5) is 0. The molecule has 2 aromatic rings. The van der Waals surface area contributed by atoms with E-state index >= 15 is 0 Å². The second-order valence-corrected chi connectivity index (χ2v) is 6.67. The molecule has 2 rings (SSSR count). The Morgan fingerprint density at radius 1 is 1.28 bits per heavy atom. The lowest BCUT2D eigenvalue weighted by atomic mass is 10.3. The first-order chi connectivity index (χ1) is 8.66. The molecular weight excluding hydrogens is 311 g/mol. The third-order valence-corrected chi connectivity index (χ3v) is 4.51. The van der Waals surface area contributed by atoms with Crippen molar-refractivity contribution in [3.05, 3.63) is 33.3 Å². The van der Waals surface area contributed by atoms with Crippen LogP contribution in [0.5, 0.6) is 5.75 Å². The molecule has 0 spiro atoms. The van der Waals surface area contributed by atoms with Crippen LogP contribution in [0, 0.1) is 6.92 Å². The second kappa shape index (κ2) is 6.61. The zero-order valence-corrected chi connectivity index (χ0v) is 12.7. The summed E-state index contributed by atoms with van der Waals surface area (Å²) in [5.41, 5.74) is 0. The van der Waals surface area contributed by atoms with Crippen molar-refractivity contribution >= 4 is 46.3 Å². The highest BCUT2D eigenvalue weighted by atomic mass is 35.5. The van der Waals surface area contributed by atoms with Crippen molar-refractivity contribution in [2.45, 2.75) is 11.3 Å². The van der Waals surface area contributed by atoms with Gasteiger partial charge in [-0.1, -0.05) is 52.4 Å². The van der Waals surface area contributed by atoms with Gasteiger partial charge in [-0.05, 0) is 19.1 Å². The zero-order valence-electron chi connectivity index (χ0n) is 9.52. The Kier molecular flexibility index (Phi) is 5.12. The van der Waals surface area contributed by atoms with E-state index in [0.717, 1.165) is 15.1 Å². The summed E-state index contributed by atoms with van der Waals surface area (Å²) in [6, 6.07) is 5.30. The molecule has 0 atom stereocenters. The van der Waals surface area contributed by atoms with Crippen LogP contribution in [-0.2, 0) is 0 Å². The highest BCUT2D eigenvalue weighted by Crippen LogP contribution is 2.32. The highest BCUT2D eigenvalue weighted by molar-refractivity contribution is 8.01. The van der Waals surface area contributed by atoms with Crippen molar-refractivity contribution in [2.24, 2.45) is 0 Å². The summed E-state index contributed by atoms with van der Waals surface area (Å²) in [5, 5.41) is 9.99. The van der Waals surface area contributed by atoms with E-state index in [9.17, 15) is 0 Å². The fourth-order valence-electron chi connectivity index (χ4n) is 1.23. The highest BCUT2D eigenvalue weighted by Gasteiger charge is 2.07. The van der Waals surface area contributed by atoms with Gasteiger partial charge in [0.1, 0.15) is 5.01 Å². The third kappa shape index (κ3) is 3.75. The molecule has 1 aromatic carbocycles. The SMILES string of the molecule is Cc1nnc(SCCOc2c(Cl)cccc2Cl)s1. The molecule has 0 N–H and O–H groups in total. The Bertz CT molecular complexity index is 513. The van der Waals surface area contributed by atoms with E-state index < -0.39 is 0 Å². The summed E-state index contributed by atoms with van der Waals surface area (Å²) in [6.45, 7) is 2.45. The summed E-state index contributed by atoms with van der Waals surface area (Å²) >= 11 is 15.2. The van der Waals surface area contributed by atoms with Gasteiger partial charge >= 0.3 is 0 Å². The van der Waals surface area contributed by atoms with E-state index in [2.05, 4.69) is 10.2 Å². The molecule has 96 valence electrons. The quantitative estimate of drug-likeness (QED) is 0.607. The first kappa shape index (κ1) is 13.9. The van der Waals surface area contributed by atoms with Crippen LogP contribution in [0.4, 0.5) is 0 Å². The minimum Gasteiger partial charge on any atom is -0.490 e. The van der Waals surface area contributed by atoms with Gasteiger partial charge in [-0.2, -0.15) is 0 Å². The Hall–Kier alpha value is -0.490. The molecule has 0 radical (unpaired) electrons. The van der Waals surface area contributed by atoms with E-state index in [1.165, 1.54) is 0 Å². The molecule has 0 saturated heterocycles. The maximum atomic E-state index is 5.99. The Labute approximate surface area is 123 Å². The Morgan fingerprint density at radius 2 is 2.00 bits per heavy atom. The fourth-order valence-corrected chi connectivity index (χ4v) is 3.44.